The van der Waals surface area contributed by atoms with E-state index in [2.05, 4.69) is 34.5 Å². The predicted molar refractivity (Wildman–Crippen MR) is 100 cm³/mol. The quantitative estimate of drug-likeness (QED) is 0.822. The molecule has 8 heteroatoms. The lowest BCUT2D eigenvalue weighted by atomic mass is 9.95. The highest BCUT2D eigenvalue weighted by atomic mass is 32.1. The third-order valence-corrected chi connectivity index (χ3v) is 7.03. The first-order valence-electron chi connectivity index (χ1n) is 9.32. The van der Waals surface area contributed by atoms with Crippen molar-refractivity contribution in [1.29, 1.82) is 0 Å². The first-order chi connectivity index (χ1) is 12.5. The molecule has 140 valence electrons. The number of thiophene rings is 1. The molecule has 1 saturated heterocycles. The van der Waals surface area contributed by atoms with E-state index in [4.69, 9.17) is 0 Å². The van der Waals surface area contributed by atoms with Crippen LogP contribution in [0.15, 0.2) is 11.4 Å². The van der Waals surface area contributed by atoms with E-state index in [0.717, 1.165) is 42.1 Å². The molecule has 1 amide bonds. The molecule has 1 saturated carbocycles. The normalized spacial score (nSPS) is 24.1. The maximum absolute atomic E-state index is 13.0. The number of aromatic nitrogens is 4. The van der Waals surface area contributed by atoms with Crippen LogP contribution in [0.1, 0.15) is 59.2 Å². The standard InChI is InChI=1S/C18H26N6OS/c1-13-8-11-26-15(13)16(25)23-10-9-18(12-23,22(2)3)17-19-20-21-24(17)14-6-4-5-7-14/h8,11,14H,4-7,9-10,12H2,1-3H3. The van der Waals surface area contributed by atoms with E-state index >= 15 is 0 Å². The Labute approximate surface area is 158 Å². The van der Waals surface area contributed by atoms with Gasteiger partial charge in [-0.2, -0.15) is 0 Å². The van der Waals surface area contributed by atoms with E-state index in [1.807, 2.05) is 28.0 Å². The molecule has 2 aromatic rings. The van der Waals surface area contributed by atoms with Crippen LogP contribution in [0.4, 0.5) is 0 Å². The van der Waals surface area contributed by atoms with Gasteiger partial charge < -0.3 is 4.90 Å². The maximum Gasteiger partial charge on any atom is 0.264 e. The Kier molecular flexibility index (Phi) is 4.56. The van der Waals surface area contributed by atoms with E-state index in [9.17, 15) is 4.79 Å². The highest BCUT2D eigenvalue weighted by Gasteiger charge is 2.48. The molecular weight excluding hydrogens is 348 g/mol. The highest BCUT2D eigenvalue weighted by Crippen LogP contribution is 2.39. The Bertz CT molecular complexity index is 793. The van der Waals surface area contributed by atoms with Gasteiger partial charge in [-0.25, -0.2) is 4.68 Å². The molecule has 1 aliphatic heterocycles. The number of aryl methyl sites for hydroxylation is 1. The van der Waals surface area contributed by atoms with Crippen molar-refractivity contribution in [2.45, 2.75) is 50.6 Å². The molecule has 26 heavy (non-hydrogen) atoms. The van der Waals surface area contributed by atoms with Crippen LogP contribution in [0.2, 0.25) is 0 Å². The molecule has 0 radical (unpaired) electrons. The summed E-state index contributed by atoms with van der Waals surface area (Å²) in [4.78, 5) is 18.0. The average molecular weight is 375 g/mol. The van der Waals surface area contributed by atoms with Crippen molar-refractivity contribution in [3.8, 4) is 0 Å². The molecule has 2 aromatic heterocycles. The molecule has 7 nitrogen and oxygen atoms in total. The smallest absolute Gasteiger partial charge is 0.264 e. The van der Waals surface area contributed by atoms with Crippen molar-refractivity contribution in [1.82, 2.24) is 30.0 Å². The summed E-state index contributed by atoms with van der Waals surface area (Å²) >= 11 is 1.52. The zero-order valence-electron chi connectivity index (χ0n) is 15.7. The summed E-state index contributed by atoms with van der Waals surface area (Å²) < 4.78 is 2.04. The average Bonchev–Trinajstić information content (AvgIpc) is 3.38. The third-order valence-electron chi connectivity index (χ3n) is 6.03. The Morgan fingerprint density at radius 2 is 2.12 bits per heavy atom. The zero-order chi connectivity index (χ0) is 18.3. The fraction of sp³-hybridized carbons (Fsp3) is 0.667. The number of nitrogens with zero attached hydrogens (tertiary/aromatic N) is 6. The molecule has 0 spiro atoms. The van der Waals surface area contributed by atoms with Crippen LogP contribution in [-0.4, -0.2) is 63.1 Å². The van der Waals surface area contributed by atoms with E-state index in [-0.39, 0.29) is 11.4 Å². The van der Waals surface area contributed by atoms with E-state index in [1.54, 1.807) is 0 Å². The molecule has 1 aliphatic carbocycles. The van der Waals surface area contributed by atoms with Gasteiger partial charge in [0.2, 0.25) is 0 Å². The fourth-order valence-corrected chi connectivity index (χ4v) is 5.24. The summed E-state index contributed by atoms with van der Waals surface area (Å²) in [6.07, 6.45) is 5.60. The van der Waals surface area contributed by atoms with Gasteiger partial charge in [0.1, 0.15) is 5.54 Å². The number of tetrazole rings is 1. The Balaban J connectivity index is 1.64. The third kappa shape index (κ3) is 2.75. The van der Waals surface area contributed by atoms with Crippen LogP contribution in [0.3, 0.4) is 0 Å². The maximum atomic E-state index is 13.0. The first-order valence-corrected chi connectivity index (χ1v) is 10.2. The van der Waals surface area contributed by atoms with Gasteiger partial charge in [0.25, 0.3) is 5.91 Å². The van der Waals surface area contributed by atoms with Gasteiger partial charge in [0.15, 0.2) is 5.82 Å². The topological polar surface area (TPSA) is 67.2 Å². The van der Waals surface area contributed by atoms with Crippen LogP contribution in [0.5, 0.6) is 0 Å². The van der Waals surface area contributed by atoms with Crippen LogP contribution in [0.25, 0.3) is 0 Å². The lowest BCUT2D eigenvalue weighted by molar-refractivity contribution is 0.0741. The second-order valence-corrected chi connectivity index (χ2v) is 8.64. The van der Waals surface area contributed by atoms with Gasteiger partial charge in [-0.05, 0) is 67.7 Å². The van der Waals surface area contributed by atoms with Crippen molar-refractivity contribution in [3.05, 3.63) is 27.7 Å². The predicted octanol–water partition coefficient (Wildman–Crippen LogP) is 2.46. The van der Waals surface area contributed by atoms with Crippen molar-refractivity contribution in [3.63, 3.8) is 0 Å². The lowest BCUT2D eigenvalue weighted by Gasteiger charge is -2.35. The minimum absolute atomic E-state index is 0.126. The van der Waals surface area contributed by atoms with Gasteiger partial charge >= 0.3 is 0 Å². The summed E-state index contributed by atoms with van der Waals surface area (Å²) in [5, 5.41) is 14.8. The van der Waals surface area contributed by atoms with Gasteiger partial charge in [-0.15, -0.1) is 16.4 Å². The van der Waals surface area contributed by atoms with Crippen molar-refractivity contribution in [2.75, 3.05) is 27.2 Å². The van der Waals surface area contributed by atoms with E-state index in [1.165, 1.54) is 24.2 Å². The minimum Gasteiger partial charge on any atom is -0.336 e. The molecule has 3 heterocycles. The zero-order valence-corrected chi connectivity index (χ0v) is 16.5. The summed E-state index contributed by atoms with van der Waals surface area (Å²) in [7, 11) is 4.13. The Hall–Kier alpha value is -1.80. The van der Waals surface area contributed by atoms with E-state index < -0.39 is 0 Å². The molecule has 0 bridgehead atoms. The molecule has 2 fully saturated rings. The molecule has 4 rings (SSSR count). The largest absolute Gasteiger partial charge is 0.336 e. The number of carbonyl (C=O) groups is 1. The number of hydrogen-bond acceptors (Lipinski definition) is 6. The van der Waals surface area contributed by atoms with Gasteiger partial charge in [-0.3, -0.25) is 9.69 Å². The number of hydrogen-bond donors (Lipinski definition) is 0. The Morgan fingerprint density at radius 3 is 2.77 bits per heavy atom. The molecule has 2 aliphatic rings. The molecule has 1 unspecified atom stereocenters. The molecule has 0 aromatic carbocycles. The Morgan fingerprint density at radius 1 is 1.35 bits per heavy atom. The second kappa shape index (κ2) is 6.74. The second-order valence-electron chi connectivity index (χ2n) is 7.72. The summed E-state index contributed by atoms with van der Waals surface area (Å²) in [5.41, 5.74) is 0.727. The van der Waals surface area contributed by atoms with Crippen molar-refractivity contribution >= 4 is 17.2 Å². The molecule has 0 N–H and O–H groups in total. The fourth-order valence-electron chi connectivity index (χ4n) is 4.34. The SMILES string of the molecule is Cc1ccsc1C(=O)N1CCC(c2nnnn2C2CCCC2)(N(C)C)C1. The minimum atomic E-state index is -0.326. The van der Waals surface area contributed by atoms with Crippen molar-refractivity contribution in [2.24, 2.45) is 0 Å². The van der Waals surface area contributed by atoms with Gasteiger partial charge in [0, 0.05) is 13.1 Å². The molecule has 1 atom stereocenters. The van der Waals surface area contributed by atoms with Gasteiger partial charge in [-0.1, -0.05) is 12.8 Å². The van der Waals surface area contributed by atoms with Crippen LogP contribution >= 0.6 is 11.3 Å². The highest BCUT2D eigenvalue weighted by molar-refractivity contribution is 7.12. The monoisotopic (exact) mass is 374 g/mol. The summed E-state index contributed by atoms with van der Waals surface area (Å²) in [6, 6.07) is 2.40. The number of amides is 1. The summed E-state index contributed by atoms with van der Waals surface area (Å²) in [5.74, 6) is 1.04. The van der Waals surface area contributed by atoms with E-state index in [0.29, 0.717) is 12.6 Å². The summed E-state index contributed by atoms with van der Waals surface area (Å²) in [6.45, 7) is 3.36. The molecular formula is C18H26N6OS. The van der Waals surface area contributed by atoms with Gasteiger partial charge in [0.05, 0.1) is 10.9 Å². The number of rotatable bonds is 4. The number of carbonyl (C=O) groups excluding carboxylic acids is 1. The number of likely N-dealkylation sites (N-methyl/N-ethyl adjacent to an activating group) is 1. The van der Waals surface area contributed by atoms with Crippen LogP contribution in [-0.2, 0) is 5.54 Å². The lowest BCUT2D eigenvalue weighted by Crippen LogP contribution is -2.47. The van der Waals surface area contributed by atoms with Crippen LogP contribution in [0, 0.1) is 6.92 Å². The van der Waals surface area contributed by atoms with Crippen LogP contribution < -0.4 is 0 Å². The number of likely N-dealkylation sites (tertiary alicyclic amines) is 1. The van der Waals surface area contributed by atoms with Crippen molar-refractivity contribution < 1.29 is 4.79 Å². The first kappa shape index (κ1) is 17.6.